The van der Waals surface area contributed by atoms with Gasteiger partial charge in [-0.2, -0.15) is 0 Å². The molecule has 0 aliphatic carbocycles. The minimum atomic E-state index is 0.125. The molecule has 23 heavy (non-hydrogen) atoms. The van der Waals surface area contributed by atoms with E-state index in [2.05, 4.69) is 15.2 Å². The van der Waals surface area contributed by atoms with Gasteiger partial charge in [-0.25, -0.2) is 4.98 Å². The third kappa shape index (κ3) is 2.88. The average molecular weight is 310 g/mol. The van der Waals surface area contributed by atoms with E-state index in [4.69, 9.17) is 4.74 Å². The number of fused-ring (bicyclic) bond motifs is 1. The minimum absolute atomic E-state index is 0.125. The Bertz CT molecular complexity index is 851. The molecule has 0 saturated carbocycles. The molecule has 2 heterocycles. The van der Waals surface area contributed by atoms with Gasteiger partial charge in [-0.15, -0.1) is 10.2 Å². The van der Waals surface area contributed by atoms with Crippen LogP contribution in [0.25, 0.3) is 5.65 Å². The van der Waals surface area contributed by atoms with Crippen molar-refractivity contribution in [2.75, 3.05) is 7.11 Å². The van der Waals surface area contributed by atoms with Crippen LogP contribution in [0.3, 0.4) is 0 Å². The fraction of sp³-hybridized carbons (Fsp3) is 0.235. The summed E-state index contributed by atoms with van der Waals surface area (Å²) in [5.74, 6) is 1.69. The molecule has 3 rings (SSSR count). The number of aromatic nitrogens is 2. The number of methoxy groups -OCH3 is 1. The van der Waals surface area contributed by atoms with Gasteiger partial charge in [0.2, 0.25) is 0 Å². The van der Waals surface area contributed by atoms with Crippen LogP contribution in [0.5, 0.6) is 11.5 Å². The molecule has 118 valence electrons. The third-order valence-electron chi connectivity index (χ3n) is 3.51. The molecule has 0 radical (unpaired) electrons. The standard InChI is InChI=1S/C17H18N4O2/c1-11(2)15-17(21-10-4-5-14(22)16(21)18-15)20-19-12-6-8-13(23-3)9-7-12/h4-11,22H,1-3H3. The van der Waals surface area contributed by atoms with Crippen molar-refractivity contribution in [2.24, 2.45) is 10.2 Å². The first kappa shape index (κ1) is 15.0. The average Bonchev–Trinajstić information content (AvgIpc) is 2.94. The molecule has 2 aromatic heterocycles. The highest BCUT2D eigenvalue weighted by Crippen LogP contribution is 2.32. The molecule has 0 fully saturated rings. The predicted molar refractivity (Wildman–Crippen MR) is 88.1 cm³/mol. The van der Waals surface area contributed by atoms with Crippen LogP contribution in [0, 0.1) is 0 Å². The van der Waals surface area contributed by atoms with Gasteiger partial charge in [-0.1, -0.05) is 13.8 Å². The first-order chi connectivity index (χ1) is 11.1. The predicted octanol–water partition coefficient (Wildman–Crippen LogP) is 4.59. The number of hydrogen-bond acceptors (Lipinski definition) is 5. The highest BCUT2D eigenvalue weighted by molar-refractivity contribution is 5.60. The summed E-state index contributed by atoms with van der Waals surface area (Å²) in [4.78, 5) is 4.49. The normalized spacial score (nSPS) is 11.7. The van der Waals surface area contributed by atoms with Gasteiger partial charge in [0.1, 0.15) is 5.75 Å². The SMILES string of the molecule is COc1ccc(N=Nc2c(C(C)C)nc3c(O)cccn23)cc1. The maximum absolute atomic E-state index is 9.96. The number of rotatable bonds is 4. The molecule has 1 N–H and O–H groups in total. The summed E-state index contributed by atoms with van der Waals surface area (Å²) in [5, 5.41) is 18.6. The van der Waals surface area contributed by atoms with E-state index in [0.717, 1.165) is 17.1 Å². The Hall–Kier alpha value is -2.89. The number of azo groups is 1. The molecule has 1 aromatic carbocycles. The second-order valence-corrected chi connectivity index (χ2v) is 5.46. The van der Waals surface area contributed by atoms with Gasteiger partial charge in [0.05, 0.1) is 18.5 Å². The quantitative estimate of drug-likeness (QED) is 0.716. The highest BCUT2D eigenvalue weighted by atomic mass is 16.5. The molecule has 0 spiro atoms. The zero-order valence-corrected chi connectivity index (χ0v) is 13.3. The number of aromatic hydroxyl groups is 1. The molecule has 6 nitrogen and oxygen atoms in total. The summed E-state index contributed by atoms with van der Waals surface area (Å²) in [6.45, 7) is 4.07. The summed E-state index contributed by atoms with van der Waals surface area (Å²) >= 11 is 0. The summed E-state index contributed by atoms with van der Waals surface area (Å²) < 4.78 is 6.87. The van der Waals surface area contributed by atoms with E-state index >= 15 is 0 Å². The number of benzene rings is 1. The lowest BCUT2D eigenvalue weighted by Gasteiger charge is -2.02. The van der Waals surface area contributed by atoms with Gasteiger partial charge in [-0.3, -0.25) is 4.40 Å². The molecule has 0 amide bonds. The third-order valence-corrected chi connectivity index (χ3v) is 3.51. The van der Waals surface area contributed by atoms with Gasteiger partial charge in [0, 0.05) is 6.20 Å². The topological polar surface area (TPSA) is 71.5 Å². The fourth-order valence-corrected chi connectivity index (χ4v) is 2.30. The Kier molecular flexibility index (Phi) is 3.97. The second-order valence-electron chi connectivity index (χ2n) is 5.46. The van der Waals surface area contributed by atoms with E-state index in [0.29, 0.717) is 11.5 Å². The number of pyridine rings is 1. The van der Waals surface area contributed by atoms with E-state index in [-0.39, 0.29) is 11.7 Å². The molecular formula is C17H18N4O2. The summed E-state index contributed by atoms with van der Waals surface area (Å²) in [5.41, 5.74) is 2.00. The second kappa shape index (κ2) is 6.08. The molecule has 0 unspecified atom stereocenters. The molecule has 0 aliphatic heterocycles. The van der Waals surface area contributed by atoms with Crippen LogP contribution in [-0.2, 0) is 0 Å². The van der Waals surface area contributed by atoms with Crippen LogP contribution in [-0.4, -0.2) is 21.6 Å². The first-order valence-electron chi connectivity index (χ1n) is 7.36. The van der Waals surface area contributed by atoms with Crippen LogP contribution in [0.4, 0.5) is 11.5 Å². The van der Waals surface area contributed by atoms with Gasteiger partial charge in [0.15, 0.2) is 17.2 Å². The Morgan fingerprint density at radius 2 is 1.87 bits per heavy atom. The number of imidazole rings is 1. The van der Waals surface area contributed by atoms with Crippen LogP contribution in [0.1, 0.15) is 25.5 Å². The van der Waals surface area contributed by atoms with Crippen molar-refractivity contribution in [2.45, 2.75) is 19.8 Å². The van der Waals surface area contributed by atoms with E-state index < -0.39 is 0 Å². The molecule has 0 atom stereocenters. The Morgan fingerprint density at radius 1 is 1.13 bits per heavy atom. The lowest BCUT2D eigenvalue weighted by molar-refractivity contribution is 0.415. The lowest BCUT2D eigenvalue weighted by atomic mass is 10.1. The van der Waals surface area contributed by atoms with Gasteiger partial charge < -0.3 is 9.84 Å². The van der Waals surface area contributed by atoms with Crippen molar-refractivity contribution < 1.29 is 9.84 Å². The number of nitrogens with zero attached hydrogens (tertiary/aromatic N) is 4. The van der Waals surface area contributed by atoms with E-state index in [1.165, 1.54) is 0 Å². The van der Waals surface area contributed by atoms with E-state index in [1.807, 2.05) is 44.3 Å². The smallest absolute Gasteiger partial charge is 0.183 e. The Morgan fingerprint density at radius 3 is 2.52 bits per heavy atom. The molecule has 0 aliphatic rings. The fourth-order valence-electron chi connectivity index (χ4n) is 2.30. The van der Waals surface area contributed by atoms with Crippen molar-refractivity contribution in [1.29, 1.82) is 0 Å². The van der Waals surface area contributed by atoms with E-state index in [9.17, 15) is 5.11 Å². The maximum Gasteiger partial charge on any atom is 0.183 e. The number of hydrogen-bond donors (Lipinski definition) is 1. The van der Waals surface area contributed by atoms with Crippen molar-refractivity contribution in [3.8, 4) is 11.5 Å². The molecule has 6 heteroatoms. The lowest BCUT2D eigenvalue weighted by Crippen LogP contribution is -1.87. The minimum Gasteiger partial charge on any atom is -0.504 e. The van der Waals surface area contributed by atoms with Gasteiger partial charge in [0.25, 0.3) is 0 Å². The van der Waals surface area contributed by atoms with E-state index in [1.54, 1.807) is 23.6 Å². The summed E-state index contributed by atoms with van der Waals surface area (Å²) in [7, 11) is 1.62. The molecule has 0 bridgehead atoms. The number of ether oxygens (including phenoxy) is 1. The van der Waals surface area contributed by atoms with Crippen LogP contribution in [0.15, 0.2) is 52.8 Å². The zero-order chi connectivity index (χ0) is 16.4. The Balaban J connectivity index is 2.05. The molecule has 0 saturated heterocycles. The van der Waals surface area contributed by atoms with Crippen molar-refractivity contribution in [3.63, 3.8) is 0 Å². The summed E-state index contributed by atoms with van der Waals surface area (Å²) in [6.07, 6.45) is 1.82. The molecular weight excluding hydrogens is 292 g/mol. The molecule has 3 aromatic rings. The van der Waals surface area contributed by atoms with Gasteiger partial charge >= 0.3 is 0 Å². The van der Waals surface area contributed by atoms with Crippen molar-refractivity contribution in [3.05, 3.63) is 48.3 Å². The summed E-state index contributed by atoms with van der Waals surface area (Å²) in [6, 6.07) is 10.7. The maximum atomic E-state index is 9.96. The Labute approximate surface area is 134 Å². The highest BCUT2D eigenvalue weighted by Gasteiger charge is 2.16. The zero-order valence-electron chi connectivity index (χ0n) is 13.3. The van der Waals surface area contributed by atoms with Crippen LogP contribution < -0.4 is 4.74 Å². The monoisotopic (exact) mass is 310 g/mol. The van der Waals surface area contributed by atoms with Crippen molar-refractivity contribution >= 4 is 17.2 Å². The first-order valence-corrected chi connectivity index (χ1v) is 7.36. The van der Waals surface area contributed by atoms with Crippen LogP contribution in [0.2, 0.25) is 0 Å². The van der Waals surface area contributed by atoms with Crippen LogP contribution >= 0.6 is 0 Å². The van der Waals surface area contributed by atoms with Crippen molar-refractivity contribution in [1.82, 2.24) is 9.38 Å². The van der Waals surface area contributed by atoms with Gasteiger partial charge in [-0.05, 0) is 42.3 Å². The largest absolute Gasteiger partial charge is 0.504 e.